The second-order valence-corrected chi connectivity index (χ2v) is 7.00. The Bertz CT molecular complexity index is 772. The lowest BCUT2D eigenvalue weighted by molar-refractivity contribution is -0.301. The van der Waals surface area contributed by atoms with Gasteiger partial charge in [0.05, 0.1) is 25.2 Å². The molecule has 0 atom stereocenters. The normalized spacial score (nSPS) is 14.3. The summed E-state index contributed by atoms with van der Waals surface area (Å²) < 4.78 is 5.42. The molecule has 1 heterocycles. The fraction of sp³-hybridized carbons (Fsp3) is 0.238. The van der Waals surface area contributed by atoms with Gasteiger partial charge in [-0.05, 0) is 35.9 Å². The van der Waals surface area contributed by atoms with Gasteiger partial charge in [-0.1, -0.05) is 48.2 Å². The average Bonchev–Trinajstić information content (AvgIpc) is 2.70. The van der Waals surface area contributed by atoms with Gasteiger partial charge >= 0.3 is 0 Å². The second-order valence-electron chi connectivity index (χ2n) is 5.88. The van der Waals surface area contributed by atoms with E-state index in [9.17, 15) is 19.8 Å². The van der Waals surface area contributed by atoms with Crippen molar-refractivity contribution in [2.45, 2.75) is 16.3 Å². The Balaban J connectivity index is 0.000000300. The molecule has 0 bridgehead atoms. The standard InChI is InChI=1S/C17H19NOS.C4H4O4/c1-2-7-16(8-3-1)20-17-9-5-4-6-15(17)14-18-10-12-19-13-11-18;5-3(6)1-2-4(7)8/h1-9H,10-14H2;1-2H,(H,5,6)(H,7,8)/p-2/b;2-1-. The second kappa shape index (κ2) is 12.0. The van der Waals surface area contributed by atoms with Crippen molar-refractivity contribution < 1.29 is 24.5 Å². The van der Waals surface area contributed by atoms with Crippen LogP contribution >= 0.6 is 11.8 Å². The molecule has 0 spiro atoms. The zero-order valence-corrected chi connectivity index (χ0v) is 16.1. The van der Waals surface area contributed by atoms with Gasteiger partial charge < -0.3 is 24.5 Å². The molecule has 1 aliphatic heterocycles. The van der Waals surface area contributed by atoms with Crippen LogP contribution in [-0.4, -0.2) is 43.1 Å². The number of ether oxygens (including phenoxy) is 1. The minimum Gasteiger partial charge on any atom is -0.545 e. The van der Waals surface area contributed by atoms with Gasteiger partial charge in [0.15, 0.2) is 0 Å². The van der Waals surface area contributed by atoms with Crippen molar-refractivity contribution in [3.63, 3.8) is 0 Å². The van der Waals surface area contributed by atoms with Crippen LogP contribution in [0.5, 0.6) is 0 Å². The molecule has 2 aromatic carbocycles. The number of carbonyl (C=O) groups is 2. The van der Waals surface area contributed by atoms with E-state index in [0.29, 0.717) is 12.2 Å². The van der Waals surface area contributed by atoms with E-state index >= 15 is 0 Å². The van der Waals surface area contributed by atoms with E-state index in [0.717, 1.165) is 32.8 Å². The highest BCUT2D eigenvalue weighted by Crippen LogP contribution is 2.30. The Morgan fingerprint density at radius 1 is 0.929 bits per heavy atom. The molecular weight excluding hydrogens is 378 g/mol. The number of carboxylic acid groups (broad SMARTS) is 2. The van der Waals surface area contributed by atoms with E-state index in [1.54, 1.807) is 0 Å². The predicted molar refractivity (Wildman–Crippen MR) is 102 cm³/mol. The third-order valence-corrected chi connectivity index (χ3v) is 4.92. The van der Waals surface area contributed by atoms with Crippen LogP contribution in [0.25, 0.3) is 0 Å². The largest absolute Gasteiger partial charge is 0.545 e. The van der Waals surface area contributed by atoms with Crippen molar-refractivity contribution in [1.82, 2.24) is 4.90 Å². The smallest absolute Gasteiger partial charge is 0.0643 e. The van der Waals surface area contributed by atoms with Crippen molar-refractivity contribution in [3.05, 3.63) is 72.3 Å². The van der Waals surface area contributed by atoms with Gasteiger partial charge in [-0.25, -0.2) is 0 Å². The number of rotatable bonds is 6. The van der Waals surface area contributed by atoms with Gasteiger partial charge in [0.25, 0.3) is 0 Å². The van der Waals surface area contributed by atoms with Gasteiger partial charge in [-0.15, -0.1) is 0 Å². The highest BCUT2D eigenvalue weighted by Gasteiger charge is 2.13. The summed E-state index contributed by atoms with van der Waals surface area (Å²) >= 11 is 1.84. The molecule has 0 saturated carbocycles. The average molecular weight is 399 g/mol. The third kappa shape index (κ3) is 8.39. The van der Waals surface area contributed by atoms with Crippen LogP contribution in [0, 0.1) is 0 Å². The molecule has 0 radical (unpaired) electrons. The molecule has 148 valence electrons. The predicted octanol–water partition coefficient (Wildman–Crippen LogP) is 0.712. The van der Waals surface area contributed by atoms with E-state index in [-0.39, 0.29) is 0 Å². The fourth-order valence-corrected chi connectivity index (χ4v) is 3.44. The highest BCUT2D eigenvalue weighted by atomic mass is 32.2. The lowest BCUT2D eigenvalue weighted by Gasteiger charge is -2.27. The Morgan fingerprint density at radius 2 is 1.50 bits per heavy atom. The minimum atomic E-state index is -1.55. The molecule has 0 aromatic heterocycles. The van der Waals surface area contributed by atoms with Crippen molar-refractivity contribution >= 4 is 23.7 Å². The number of carbonyl (C=O) groups excluding carboxylic acids is 2. The minimum absolute atomic E-state index is 0.384. The molecule has 3 rings (SSSR count). The summed E-state index contributed by atoms with van der Waals surface area (Å²) in [5, 5.41) is 18.8. The molecule has 7 heteroatoms. The first-order valence-electron chi connectivity index (χ1n) is 8.75. The van der Waals surface area contributed by atoms with Gasteiger partial charge in [-0.2, -0.15) is 0 Å². The molecule has 28 heavy (non-hydrogen) atoms. The van der Waals surface area contributed by atoms with E-state index < -0.39 is 11.9 Å². The third-order valence-electron chi connectivity index (χ3n) is 3.80. The van der Waals surface area contributed by atoms with Crippen LogP contribution in [0.15, 0.2) is 76.5 Å². The van der Waals surface area contributed by atoms with Crippen LogP contribution in [0.2, 0.25) is 0 Å². The molecule has 2 aromatic rings. The van der Waals surface area contributed by atoms with Crippen LogP contribution in [0.1, 0.15) is 5.56 Å². The summed E-state index contributed by atoms with van der Waals surface area (Å²) in [5.74, 6) is -3.09. The number of carboxylic acids is 2. The maximum Gasteiger partial charge on any atom is 0.0643 e. The van der Waals surface area contributed by atoms with E-state index in [1.807, 2.05) is 11.8 Å². The lowest BCUT2D eigenvalue weighted by Crippen LogP contribution is -2.35. The maximum absolute atomic E-state index is 9.41. The lowest BCUT2D eigenvalue weighted by atomic mass is 10.2. The number of benzene rings is 2. The molecular formula is C21H21NO5S-2. The summed E-state index contributed by atoms with van der Waals surface area (Å²) in [7, 11) is 0. The molecule has 0 unspecified atom stereocenters. The van der Waals surface area contributed by atoms with Crippen molar-refractivity contribution in [2.24, 2.45) is 0 Å². The van der Waals surface area contributed by atoms with Crippen LogP contribution in [-0.2, 0) is 20.9 Å². The summed E-state index contributed by atoms with van der Waals surface area (Å²) in [6.45, 7) is 4.79. The Kier molecular flexibility index (Phi) is 9.27. The van der Waals surface area contributed by atoms with Gasteiger partial charge in [0.2, 0.25) is 0 Å². The van der Waals surface area contributed by atoms with Crippen molar-refractivity contribution in [3.8, 4) is 0 Å². The van der Waals surface area contributed by atoms with Gasteiger partial charge in [0, 0.05) is 29.4 Å². The molecule has 0 N–H and O–H groups in total. The zero-order chi connectivity index (χ0) is 20.2. The number of hydrogen-bond donors (Lipinski definition) is 0. The molecule has 6 nitrogen and oxygen atoms in total. The highest BCUT2D eigenvalue weighted by molar-refractivity contribution is 7.99. The number of nitrogens with zero attached hydrogens (tertiary/aromatic N) is 1. The number of hydrogen-bond acceptors (Lipinski definition) is 7. The van der Waals surface area contributed by atoms with Crippen LogP contribution in [0.4, 0.5) is 0 Å². The summed E-state index contributed by atoms with van der Waals surface area (Å²) in [6, 6.07) is 19.3. The SMILES string of the molecule is O=C([O-])/C=C\C(=O)[O-].c1ccc(Sc2ccccc2CN2CCOCC2)cc1. The molecule has 1 aliphatic rings. The monoisotopic (exact) mass is 399 g/mol. The Morgan fingerprint density at radius 3 is 2.11 bits per heavy atom. The number of morpholine rings is 1. The van der Waals surface area contributed by atoms with Gasteiger partial charge in [0.1, 0.15) is 0 Å². The topological polar surface area (TPSA) is 92.7 Å². The quantitative estimate of drug-likeness (QED) is 0.661. The first-order valence-corrected chi connectivity index (χ1v) is 9.57. The van der Waals surface area contributed by atoms with E-state index in [2.05, 4.69) is 59.5 Å². The zero-order valence-electron chi connectivity index (χ0n) is 15.3. The summed E-state index contributed by atoms with van der Waals surface area (Å²) in [6.07, 6.45) is 0.769. The van der Waals surface area contributed by atoms with E-state index in [1.165, 1.54) is 15.4 Å². The Labute approximate surface area is 168 Å². The first-order chi connectivity index (χ1) is 13.5. The molecule has 1 fully saturated rings. The van der Waals surface area contributed by atoms with Crippen LogP contribution < -0.4 is 10.2 Å². The molecule has 1 saturated heterocycles. The van der Waals surface area contributed by atoms with Crippen molar-refractivity contribution in [2.75, 3.05) is 26.3 Å². The van der Waals surface area contributed by atoms with Crippen LogP contribution in [0.3, 0.4) is 0 Å². The van der Waals surface area contributed by atoms with E-state index in [4.69, 9.17) is 4.74 Å². The summed E-state index contributed by atoms with van der Waals surface area (Å²) in [5.41, 5.74) is 1.41. The first kappa shape index (κ1) is 21.7. The fourth-order valence-electron chi connectivity index (χ4n) is 2.49. The molecule has 0 aliphatic carbocycles. The maximum atomic E-state index is 9.41. The number of aliphatic carboxylic acids is 2. The molecule has 0 amide bonds. The summed E-state index contributed by atoms with van der Waals surface area (Å²) in [4.78, 5) is 23.9. The van der Waals surface area contributed by atoms with Crippen molar-refractivity contribution in [1.29, 1.82) is 0 Å². The van der Waals surface area contributed by atoms with Gasteiger partial charge in [-0.3, -0.25) is 4.90 Å². The Hall–Kier alpha value is -2.61.